The molecule has 0 spiro atoms. The number of carbonyl (C=O) groups is 1. The summed E-state index contributed by atoms with van der Waals surface area (Å²) in [6.45, 7) is 2.34. The maximum absolute atomic E-state index is 12.7. The lowest BCUT2D eigenvalue weighted by molar-refractivity contribution is 0.0176. The maximum atomic E-state index is 12.7. The van der Waals surface area contributed by atoms with Crippen LogP contribution in [0.15, 0.2) is 49.1 Å². The van der Waals surface area contributed by atoms with E-state index in [1.807, 2.05) is 24.3 Å². The van der Waals surface area contributed by atoms with Crippen LogP contribution < -0.4 is 5.32 Å². The Balaban J connectivity index is 1.62. The molecule has 0 radical (unpaired) electrons. The molecule has 0 saturated carbocycles. The zero-order chi connectivity index (χ0) is 17.3. The van der Waals surface area contributed by atoms with Crippen molar-refractivity contribution in [3.63, 3.8) is 0 Å². The van der Waals surface area contributed by atoms with E-state index in [2.05, 4.69) is 15.3 Å². The third kappa shape index (κ3) is 5.53. The first-order chi connectivity index (χ1) is 12.3. The standard InChI is InChI=1S/C19H24N4O2/c24-19(22-13-18-7-1-2-10-25-18)23(14-16-5-3-8-20-11-16)15-17-6-4-9-21-12-17/h3-6,8-9,11-12,18H,1-2,7,10,13-15H2,(H,22,24)/t18-/m0/s1. The number of hydrogen-bond acceptors (Lipinski definition) is 4. The third-order valence-corrected chi connectivity index (χ3v) is 4.23. The molecular formula is C19H24N4O2. The van der Waals surface area contributed by atoms with Crippen molar-refractivity contribution in [1.82, 2.24) is 20.2 Å². The van der Waals surface area contributed by atoms with E-state index < -0.39 is 0 Å². The van der Waals surface area contributed by atoms with E-state index in [0.717, 1.165) is 37.0 Å². The van der Waals surface area contributed by atoms with Gasteiger partial charge in [-0.05, 0) is 42.5 Å². The number of nitrogens with zero attached hydrogens (tertiary/aromatic N) is 3. The normalized spacial score (nSPS) is 17.0. The van der Waals surface area contributed by atoms with E-state index in [0.29, 0.717) is 19.6 Å². The summed E-state index contributed by atoms with van der Waals surface area (Å²) in [6.07, 6.45) is 10.4. The Labute approximate surface area is 148 Å². The van der Waals surface area contributed by atoms with Gasteiger partial charge in [0.15, 0.2) is 0 Å². The summed E-state index contributed by atoms with van der Waals surface area (Å²) < 4.78 is 5.69. The molecule has 3 rings (SSSR count). The SMILES string of the molecule is O=C(NC[C@@H]1CCCCO1)N(Cc1cccnc1)Cc1cccnc1. The van der Waals surface area contributed by atoms with Crippen molar-refractivity contribution in [3.8, 4) is 0 Å². The molecular weight excluding hydrogens is 316 g/mol. The highest BCUT2D eigenvalue weighted by atomic mass is 16.5. The van der Waals surface area contributed by atoms with E-state index in [-0.39, 0.29) is 12.1 Å². The predicted octanol–water partition coefficient (Wildman–Crippen LogP) is 2.76. The Morgan fingerprint density at radius 2 is 1.80 bits per heavy atom. The zero-order valence-electron chi connectivity index (χ0n) is 14.3. The minimum absolute atomic E-state index is 0.0955. The molecule has 2 amide bonds. The zero-order valence-corrected chi connectivity index (χ0v) is 14.3. The van der Waals surface area contributed by atoms with Gasteiger partial charge in [-0.3, -0.25) is 9.97 Å². The van der Waals surface area contributed by atoms with Crippen LogP contribution in [-0.2, 0) is 17.8 Å². The van der Waals surface area contributed by atoms with Gasteiger partial charge in [-0.15, -0.1) is 0 Å². The molecule has 25 heavy (non-hydrogen) atoms. The Hall–Kier alpha value is -2.47. The quantitative estimate of drug-likeness (QED) is 0.878. The van der Waals surface area contributed by atoms with E-state index in [1.54, 1.807) is 29.7 Å². The fraction of sp³-hybridized carbons (Fsp3) is 0.421. The number of aromatic nitrogens is 2. The number of pyridine rings is 2. The fourth-order valence-corrected chi connectivity index (χ4v) is 2.90. The second-order valence-electron chi connectivity index (χ2n) is 6.25. The van der Waals surface area contributed by atoms with Gasteiger partial charge < -0.3 is 15.0 Å². The first-order valence-electron chi connectivity index (χ1n) is 8.73. The summed E-state index contributed by atoms with van der Waals surface area (Å²) in [7, 11) is 0. The largest absolute Gasteiger partial charge is 0.376 e. The van der Waals surface area contributed by atoms with Crippen molar-refractivity contribution in [1.29, 1.82) is 0 Å². The number of carbonyl (C=O) groups excluding carboxylic acids is 1. The number of rotatable bonds is 6. The van der Waals surface area contributed by atoms with Crippen molar-refractivity contribution in [2.24, 2.45) is 0 Å². The van der Waals surface area contributed by atoms with E-state index in [1.165, 1.54) is 0 Å². The molecule has 1 atom stereocenters. The molecule has 6 heteroatoms. The molecule has 1 aliphatic rings. The lowest BCUT2D eigenvalue weighted by Gasteiger charge is -2.26. The minimum atomic E-state index is -0.0955. The topological polar surface area (TPSA) is 67.3 Å². The summed E-state index contributed by atoms with van der Waals surface area (Å²) >= 11 is 0. The van der Waals surface area contributed by atoms with Crippen LogP contribution in [-0.4, -0.2) is 40.2 Å². The fourth-order valence-electron chi connectivity index (χ4n) is 2.90. The Morgan fingerprint density at radius 1 is 1.12 bits per heavy atom. The molecule has 0 unspecified atom stereocenters. The molecule has 0 bridgehead atoms. The molecule has 1 fully saturated rings. The van der Waals surface area contributed by atoms with Gasteiger partial charge in [0.25, 0.3) is 0 Å². The van der Waals surface area contributed by atoms with Crippen LogP contribution in [0.4, 0.5) is 4.79 Å². The highest BCUT2D eigenvalue weighted by Crippen LogP contribution is 2.13. The van der Waals surface area contributed by atoms with Crippen molar-refractivity contribution in [2.45, 2.75) is 38.5 Å². The van der Waals surface area contributed by atoms with Crippen LogP contribution in [0.25, 0.3) is 0 Å². The average Bonchev–Trinajstić information content (AvgIpc) is 2.68. The Morgan fingerprint density at radius 3 is 2.32 bits per heavy atom. The summed E-state index contributed by atoms with van der Waals surface area (Å²) in [5.41, 5.74) is 1.99. The van der Waals surface area contributed by atoms with Gasteiger partial charge in [0, 0.05) is 51.0 Å². The smallest absolute Gasteiger partial charge is 0.318 e. The average molecular weight is 340 g/mol. The predicted molar refractivity (Wildman–Crippen MR) is 94.7 cm³/mol. The first kappa shape index (κ1) is 17.4. The minimum Gasteiger partial charge on any atom is -0.376 e. The summed E-state index contributed by atoms with van der Waals surface area (Å²) in [4.78, 5) is 22.8. The third-order valence-electron chi connectivity index (χ3n) is 4.23. The second-order valence-corrected chi connectivity index (χ2v) is 6.25. The molecule has 1 saturated heterocycles. The number of hydrogen-bond donors (Lipinski definition) is 1. The van der Waals surface area contributed by atoms with Crippen LogP contribution in [0.2, 0.25) is 0 Å². The van der Waals surface area contributed by atoms with E-state index in [4.69, 9.17) is 4.74 Å². The molecule has 1 aliphatic heterocycles. The van der Waals surface area contributed by atoms with Gasteiger partial charge in [0.1, 0.15) is 0 Å². The lowest BCUT2D eigenvalue weighted by Crippen LogP contribution is -2.43. The monoisotopic (exact) mass is 340 g/mol. The Kier molecular flexibility index (Phi) is 6.34. The van der Waals surface area contributed by atoms with Gasteiger partial charge in [0.05, 0.1) is 6.10 Å². The van der Waals surface area contributed by atoms with Gasteiger partial charge in [0.2, 0.25) is 0 Å². The highest BCUT2D eigenvalue weighted by Gasteiger charge is 2.18. The Bertz CT molecular complexity index is 603. The van der Waals surface area contributed by atoms with Crippen LogP contribution in [0.5, 0.6) is 0 Å². The molecule has 0 aromatic carbocycles. The first-order valence-corrected chi connectivity index (χ1v) is 8.73. The van der Waals surface area contributed by atoms with Crippen molar-refractivity contribution < 1.29 is 9.53 Å². The van der Waals surface area contributed by atoms with Crippen molar-refractivity contribution in [3.05, 3.63) is 60.2 Å². The molecule has 1 N–H and O–H groups in total. The molecule has 6 nitrogen and oxygen atoms in total. The van der Waals surface area contributed by atoms with Crippen LogP contribution in [0, 0.1) is 0 Å². The number of ether oxygens (including phenoxy) is 1. The maximum Gasteiger partial charge on any atom is 0.318 e. The van der Waals surface area contributed by atoms with E-state index in [9.17, 15) is 4.79 Å². The summed E-state index contributed by atoms with van der Waals surface area (Å²) in [6, 6.07) is 7.61. The molecule has 132 valence electrons. The van der Waals surface area contributed by atoms with Gasteiger partial charge >= 0.3 is 6.03 Å². The molecule has 3 heterocycles. The number of nitrogens with one attached hydrogen (secondary N) is 1. The van der Waals surface area contributed by atoms with Crippen LogP contribution >= 0.6 is 0 Å². The highest BCUT2D eigenvalue weighted by molar-refractivity contribution is 5.74. The summed E-state index contributed by atoms with van der Waals surface area (Å²) in [5.74, 6) is 0. The van der Waals surface area contributed by atoms with Gasteiger partial charge in [-0.25, -0.2) is 4.79 Å². The molecule has 2 aromatic rings. The number of urea groups is 1. The van der Waals surface area contributed by atoms with Gasteiger partial charge in [-0.2, -0.15) is 0 Å². The molecule has 0 aliphatic carbocycles. The van der Waals surface area contributed by atoms with Crippen LogP contribution in [0.3, 0.4) is 0 Å². The van der Waals surface area contributed by atoms with Gasteiger partial charge in [-0.1, -0.05) is 12.1 Å². The van der Waals surface area contributed by atoms with Crippen molar-refractivity contribution in [2.75, 3.05) is 13.2 Å². The second kappa shape index (κ2) is 9.13. The number of amides is 2. The van der Waals surface area contributed by atoms with Crippen molar-refractivity contribution >= 4 is 6.03 Å². The molecule has 2 aromatic heterocycles. The lowest BCUT2D eigenvalue weighted by atomic mass is 10.1. The van der Waals surface area contributed by atoms with E-state index >= 15 is 0 Å². The summed E-state index contributed by atoms with van der Waals surface area (Å²) in [5, 5.41) is 3.01. The van der Waals surface area contributed by atoms with Crippen LogP contribution in [0.1, 0.15) is 30.4 Å².